The van der Waals surface area contributed by atoms with E-state index in [2.05, 4.69) is 11.9 Å². The number of anilines is 1. The second-order valence-corrected chi connectivity index (χ2v) is 10.3. The first kappa shape index (κ1) is 22.4. The van der Waals surface area contributed by atoms with Crippen LogP contribution < -0.4 is 10.2 Å². The van der Waals surface area contributed by atoms with Crippen LogP contribution in [0.2, 0.25) is 0 Å². The molecule has 2 heterocycles. The van der Waals surface area contributed by atoms with Gasteiger partial charge in [-0.2, -0.15) is 0 Å². The molecule has 1 aromatic carbocycles. The predicted molar refractivity (Wildman–Crippen MR) is 108 cm³/mol. The Hall–Kier alpha value is -2.25. The summed E-state index contributed by atoms with van der Waals surface area (Å²) < 4.78 is 52.8. The maximum atomic E-state index is 14.8. The first-order valence-electron chi connectivity index (χ1n) is 9.77. The van der Waals surface area contributed by atoms with Gasteiger partial charge >= 0.3 is 6.09 Å². The Balaban J connectivity index is 1.71. The molecule has 2 saturated heterocycles. The zero-order valence-electron chi connectivity index (χ0n) is 16.7. The monoisotopic (exact) mass is 442 g/mol. The number of carbonyl (C=O) groups is 2. The van der Waals surface area contributed by atoms with Gasteiger partial charge in [-0.15, -0.1) is 6.58 Å². The Morgan fingerprint density at radius 1 is 1.37 bits per heavy atom. The lowest BCUT2D eigenvalue weighted by Gasteiger charge is -2.29. The predicted octanol–water partition coefficient (Wildman–Crippen LogP) is 3.78. The number of halogens is 2. The molecular formula is C20H25F2N2O5P. The van der Waals surface area contributed by atoms with Crippen molar-refractivity contribution < 1.29 is 32.2 Å². The van der Waals surface area contributed by atoms with E-state index < -0.39 is 37.1 Å². The molecule has 0 radical (unpaired) electrons. The molecule has 2 fully saturated rings. The highest BCUT2D eigenvalue weighted by Gasteiger charge is 2.36. The van der Waals surface area contributed by atoms with Gasteiger partial charge in [0.25, 0.3) is 0 Å². The fraction of sp³-hybridized carbons (Fsp3) is 0.500. The molecule has 1 unspecified atom stereocenters. The molecule has 30 heavy (non-hydrogen) atoms. The van der Waals surface area contributed by atoms with E-state index in [4.69, 9.17) is 9.26 Å². The maximum Gasteiger partial charge on any atom is 0.414 e. The van der Waals surface area contributed by atoms with Crippen molar-refractivity contribution in [3.63, 3.8) is 0 Å². The maximum absolute atomic E-state index is 14.8. The Kier molecular flexibility index (Phi) is 6.93. The molecule has 0 aliphatic carbocycles. The van der Waals surface area contributed by atoms with Crippen LogP contribution in [0.4, 0.5) is 19.3 Å². The van der Waals surface area contributed by atoms with E-state index in [-0.39, 0.29) is 49.2 Å². The zero-order chi connectivity index (χ0) is 21.9. The van der Waals surface area contributed by atoms with Crippen molar-refractivity contribution in [1.29, 1.82) is 0 Å². The highest BCUT2D eigenvalue weighted by Crippen LogP contribution is 2.54. The SMILES string of the molecule is C=CCOP1(=O)CCC(c2c(F)cc(N3CC(CNC(C)=O)OC3=O)cc2F)CC1. The Labute approximate surface area is 173 Å². The van der Waals surface area contributed by atoms with Crippen molar-refractivity contribution in [2.45, 2.75) is 31.8 Å². The van der Waals surface area contributed by atoms with Crippen molar-refractivity contribution >= 4 is 25.1 Å². The number of rotatable bonds is 7. The summed E-state index contributed by atoms with van der Waals surface area (Å²) in [6.07, 6.45) is 1.42. The summed E-state index contributed by atoms with van der Waals surface area (Å²) in [6.45, 7) is 5.26. The van der Waals surface area contributed by atoms with E-state index in [0.29, 0.717) is 12.8 Å². The van der Waals surface area contributed by atoms with Crippen molar-refractivity contribution in [1.82, 2.24) is 5.32 Å². The zero-order valence-corrected chi connectivity index (χ0v) is 17.6. The normalized spacial score (nSPS) is 26.4. The molecule has 1 N–H and O–H groups in total. The number of hydrogen-bond donors (Lipinski definition) is 1. The lowest BCUT2D eigenvalue weighted by Crippen LogP contribution is -2.33. The third-order valence-corrected chi connectivity index (χ3v) is 7.80. The van der Waals surface area contributed by atoms with Crippen LogP contribution in [0.15, 0.2) is 24.8 Å². The number of nitrogens with one attached hydrogen (secondary N) is 1. The van der Waals surface area contributed by atoms with E-state index in [1.165, 1.54) is 13.0 Å². The molecule has 0 aromatic heterocycles. The fourth-order valence-corrected chi connectivity index (χ4v) is 6.05. The molecule has 2 amide bonds. The fourth-order valence-electron chi connectivity index (χ4n) is 3.78. The quantitative estimate of drug-likeness (QED) is 0.513. The van der Waals surface area contributed by atoms with Gasteiger partial charge in [-0.25, -0.2) is 13.6 Å². The van der Waals surface area contributed by atoms with Crippen molar-refractivity contribution in [2.75, 3.05) is 36.9 Å². The van der Waals surface area contributed by atoms with Gasteiger partial charge in [0.1, 0.15) is 17.7 Å². The van der Waals surface area contributed by atoms with Gasteiger partial charge < -0.3 is 14.6 Å². The smallest absolute Gasteiger partial charge is 0.414 e. The first-order valence-corrected chi connectivity index (χ1v) is 11.8. The molecule has 2 aliphatic heterocycles. The van der Waals surface area contributed by atoms with Crippen molar-refractivity contribution in [2.24, 2.45) is 0 Å². The molecule has 2 aliphatic rings. The number of carbonyl (C=O) groups excluding carboxylic acids is 2. The molecule has 10 heteroatoms. The molecule has 7 nitrogen and oxygen atoms in total. The number of amides is 2. The van der Waals surface area contributed by atoms with Crippen LogP contribution in [0, 0.1) is 11.6 Å². The molecule has 164 valence electrons. The van der Waals surface area contributed by atoms with Crippen LogP contribution in [0.5, 0.6) is 0 Å². The van der Waals surface area contributed by atoms with Gasteiger partial charge in [-0.05, 0) is 30.9 Å². The number of hydrogen-bond acceptors (Lipinski definition) is 5. The minimum absolute atomic E-state index is 0.0554. The Bertz CT molecular complexity index is 859. The lowest BCUT2D eigenvalue weighted by molar-refractivity contribution is -0.119. The number of nitrogens with zero attached hydrogens (tertiary/aromatic N) is 1. The Morgan fingerprint density at radius 3 is 2.57 bits per heavy atom. The summed E-state index contributed by atoms with van der Waals surface area (Å²) >= 11 is 0. The molecule has 3 rings (SSSR count). The minimum atomic E-state index is -2.79. The van der Waals surface area contributed by atoms with Gasteiger partial charge in [0.05, 0.1) is 25.4 Å². The summed E-state index contributed by atoms with van der Waals surface area (Å²) in [5.41, 5.74) is -0.00375. The van der Waals surface area contributed by atoms with Crippen LogP contribution in [0.25, 0.3) is 0 Å². The topological polar surface area (TPSA) is 84.9 Å². The average Bonchev–Trinajstić information content (AvgIpc) is 3.06. The number of cyclic esters (lactones) is 1. The van der Waals surface area contributed by atoms with Crippen LogP contribution in [0.1, 0.15) is 31.2 Å². The molecular weight excluding hydrogens is 417 g/mol. The average molecular weight is 442 g/mol. The molecule has 0 saturated carbocycles. The van der Waals surface area contributed by atoms with Crippen LogP contribution in [-0.2, 0) is 18.6 Å². The first-order chi connectivity index (χ1) is 14.2. The van der Waals surface area contributed by atoms with E-state index in [1.807, 2.05) is 0 Å². The highest BCUT2D eigenvalue weighted by molar-refractivity contribution is 7.59. The number of benzene rings is 1. The van der Waals surface area contributed by atoms with Gasteiger partial charge in [0.15, 0.2) is 0 Å². The van der Waals surface area contributed by atoms with Gasteiger partial charge in [0.2, 0.25) is 13.3 Å². The van der Waals surface area contributed by atoms with E-state index in [1.54, 1.807) is 0 Å². The second-order valence-electron chi connectivity index (χ2n) is 7.50. The largest absolute Gasteiger partial charge is 0.442 e. The van der Waals surface area contributed by atoms with Crippen molar-refractivity contribution in [3.05, 3.63) is 42.0 Å². The summed E-state index contributed by atoms with van der Waals surface area (Å²) in [7, 11) is -2.79. The summed E-state index contributed by atoms with van der Waals surface area (Å²) in [4.78, 5) is 24.2. The molecule has 1 aromatic rings. The lowest BCUT2D eigenvalue weighted by atomic mass is 9.92. The number of ether oxygens (including phenoxy) is 1. The molecule has 0 bridgehead atoms. The van der Waals surface area contributed by atoms with E-state index in [9.17, 15) is 22.9 Å². The van der Waals surface area contributed by atoms with Crippen molar-refractivity contribution in [3.8, 4) is 0 Å². The molecule has 0 spiro atoms. The van der Waals surface area contributed by atoms with E-state index >= 15 is 0 Å². The highest BCUT2D eigenvalue weighted by atomic mass is 31.2. The van der Waals surface area contributed by atoms with Gasteiger partial charge in [-0.3, -0.25) is 14.3 Å². The summed E-state index contributed by atoms with van der Waals surface area (Å²) in [6, 6.07) is 2.23. The summed E-state index contributed by atoms with van der Waals surface area (Å²) in [5, 5.41) is 2.54. The van der Waals surface area contributed by atoms with Crippen LogP contribution >= 0.6 is 7.37 Å². The van der Waals surface area contributed by atoms with Gasteiger partial charge in [0, 0.05) is 24.8 Å². The van der Waals surface area contributed by atoms with Crippen LogP contribution in [-0.4, -0.2) is 50.1 Å². The van der Waals surface area contributed by atoms with Gasteiger partial charge in [-0.1, -0.05) is 6.08 Å². The second kappa shape index (κ2) is 9.27. The third-order valence-electron chi connectivity index (χ3n) is 5.30. The Morgan fingerprint density at radius 2 is 2.00 bits per heavy atom. The third kappa shape index (κ3) is 5.08. The molecule has 1 atom stereocenters. The van der Waals surface area contributed by atoms with E-state index in [0.717, 1.165) is 17.0 Å². The van der Waals surface area contributed by atoms with Crippen LogP contribution in [0.3, 0.4) is 0 Å². The summed E-state index contributed by atoms with van der Waals surface area (Å²) in [5.74, 6) is -2.18. The standard InChI is InChI=1S/C20H25F2N2O5P/c1-3-6-28-30(27)7-4-14(5-8-30)19-17(21)9-15(10-18(19)22)24-12-16(29-20(24)26)11-23-13(2)25/h3,9-10,14,16H,1,4-8,11-12H2,2H3,(H,23,25). The minimum Gasteiger partial charge on any atom is -0.442 e.